The minimum atomic E-state index is -0.392. The van der Waals surface area contributed by atoms with Gasteiger partial charge in [0.15, 0.2) is 0 Å². The van der Waals surface area contributed by atoms with Crippen LogP contribution in [0.25, 0.3) is 27.5 Å². The quantitative estimate of drug-likeness (QED) is 0.316. The van der Waals surface area contributed by atoms with Gasteiger partial charge < -0.3 is 13.9 Å². The molecular weight excluding hydrogens is 417 g/mol. The van der Waals surface area contributed by atoms with Crippen LogP contribution >= 0.6 is 0 Å². The molecule has 0 amide bonds. The van der Waals surface area contributed by atoms with Gasteiger partial charge >= 0.3 is 7.12 Å². The number of benzene rings is 3. The standard InChI is InChI=1S/C30H32BNO2/c1-27(2)19-13-9-11-17-18-12-10-14-20-25(18)32(24(17)19)26-21(27)15-16-22(23(26)28(20,3)4)31-33-29(5,6)30(7,8)34-31/h9-16H,1-8H3. The molecule has 3 nitrogen and oxygen atoms in total. The average Bonchev–Trinajstić information content (AvgIpc) is 3.21. The Kier molecular flexibility index (Phi) is 3.55. The zero-order valence-corrected chi connectivity index (χ0v) is 21.5. The Morgan fingerprint density at radius 1 is 0.618 bits per heavy atom. The van der Waals surface area contributed by atoms with E-state index in [1.807, 2.05) is 0 Å². The summed E-state index contributed by atoms with van der Waals surface area (Å²) in [6.45, 7) is 18.0. The van der Waals surface area contributed by atoms with E-state index in [0.717, 1.165) is 5.46 Å². The molecule has 0 unspecified atom stereocenters. The summed E-state index contributed by atoms with van der Waals surface area (Å²) in [5.41, 5.74) is 9.62. The topological polar surface area (TPSA) is 23.4 Å². The highest BCUT2D eigenvalue weighted by atomic mass is 16.7. The molecule has 1 aromatic heterocycles. The van der Waals surface area contributed by atoms with Gasteiger partial charge in [0.25, 0.3) is 0 Å². The maximum Gasteiger partial charge on any atom is 0.495 e. The van der Waals surface area contributed by atoms with Crippen molar-refractivity contribution in [1.82, 2.24) is 4.57 Å². The van der Waals surface area contributed by atoms with Crippen molar-refractivity contribution >= 4 is 34.4 Å². The smallest absolute Gasteiger partial charge is 0.399 e. The fourth-order valence-electron chi connectivity index (χ4n) is 6.79. The molecule has 3 aromatic carbocycles. The van der Waals surface area contributed by atoms with E-state index in [0.29, 0.717) is 0 Å². The molecule has 0 N–H and O–H groups in total. The van der Waals surface area contributed by atoms with Crippen LogP contribution < -0.4 is 5.46 Å². The van der Waals surface area contributed by atoms with Crippen molar-refractivity contribution in [1.29, 1.82) is 0 Å². The summed E-state index contributed by atoms with van der Waals surface area (Å²) >= 11 is 0. The fraction of sp³-hybridized carbons (Fsp3) is 0.400. The Morgan fingerprint density at radius 2 is 1.15 bits per heavy atom. The zero-order valence-electron chi connectivity index (χ0n) is 21.5. The predicted molar refractivity (Wildman–Crippen MR) is 141 cm³/mol. The van der Waals surface area contributed by atoms with Crippen molar-refractivity contribution in [3.05, 3.63) is 70.8 Å². The summed E-state index contributed by atoms with van der Waals surface area (Å²) in [5.74, 6) is 0. The van der Waals surface area contributed by atoms with Crippen LogP contribution in [0.4, 0.5) is 0 Å². The first-order chi connectivity index (χ1) is 15.9. The van der Waals surface area contributed by atoms with Crippen molar-refractivity contribution in [2.24, 2.45) is 0 Å². The van der Waals surface area contributed by atoms with Crippen molar-refractivity contribution < 1.29 is 9.31 Å². The summed E-state index contributed by atoms with van der Waals surface area (Å²) in [6.07, 6.45) is 0. The molecule has 7 rings (SSSR count). The van der Waals surface area contributed by atoms with E-state index in [1.165, 1.54) is 49.7 Å². The first-order valence-electron chi connectivity index (χ1n) is 12.5. The first kappa shape index (κ1) is 20.8. The SMILES string of the molecule is CC1(C)c2ccc(B3OC(C)(C)C(C)(C)O3)c3c2-n2c4c1cccc4c1cccc(c12)C3(C)C. The van der Waals surface area contributed by atoms with Crippen molar-refractivity contribution in [3.8, 4) is 5.69 Å². The highest BCUT2D eigenvalue weighted by molar-refractivity contribution is 6.63. The van der Waals surface area contributed by atoms with E-state index in [9.17, 15) is 0 Å². The van der Waals surface area contributed by atoms with Crippen LogP contribution in [0.1, 0.15) is 77.6 Å². The number of aromatic nitrogens is 1. The molecule has 0 radical (unpaired) electrons. The molecule has 3 aliphatic heterocycles. The van der Waals surface area contributed by atoms with Gasteiger partial charge in [-0.3, -0.25) is 0 Å². The lowest BCUT2D eigenvalue weighted by Crippen LogP contribution is -2.45. The monoisotopic (exact) mass is 449 g/mol. The lowest BCUT2D eigenvalue weighted by molar-refractivity contribution is 0.00578. The molecule has 3 aliphatic rings. The number of hydrogen-bond donors (Lipinski definition) is 0. The summed E-state index contributed by atoms with van der Waals surface area (Å²) in [6, 6.07) is 18.3. The summed E-state index contributed by atoms with van der Waals surface area (Å²) in [5, 5.41) is 2.69. The fourth-order valence-corrected chi connectivity index (χ4v) is 6.79. The van der Waals surface area contributed by atoms with Crippen molar-refractivity contribution in [3.63, 3.8) is 0 Å². The Hall–Kier alpha value is -2.56. The molecule has 0 aliphatic carbocycles. The minimum Gasteiger partial charge on any atom is -0.399 e. The molecule has 34 heavy (non-hydrogen) atoms. The Bertz CT molecular complexity index is 1530. The Morgan fingerprint density at radius 3 is 1.71 bits per heavy atom. The summed E-state index contributed by atoms with van der Waals surface area (Å²) in [4.78, 5) is 0. The molecule has 4 heterocycles. The van der Waals surface area contributed by atoms with Crippen LogP contribution in [-0.4, -0.2) is 22.9 Å². The number of nitrogens with zero attached hydrogens (tertiary/aromatic N) is 1. The number of fused-ring (bicyclic) bond motifs is 1. The van der Waals surface area contributed by atoms with Crippen molar-refractivity contribution in [2.45, 2.75) is 77.4 Å². The normalized spacial score (nSPS) is 22.2. The molecule has 1 saturated heterocycles. The molecule has 0 saturated carbocycles. The van der Waals surface area contributed by atoms with E-state index < -0.39 is 7.12 Å². The van der Waals surface area contributed by atoms with Crippen LogP contribution in [0.5, 0.6) is 0 Å². The van der Waals surface area contributed by atoms with E-state index in [-0.39, 0.29) is 22.0 Å². The van der Waals surface area contributed by atoms with E-state index in [1.54, 1.807) is 0 Å². The van der Waals surface area contributed by atoms with Crippen LogP contribution in [0, 0.1) is 0 Å². The maximum absolute atomic E-state index is 6.62. The van der Waals surface area contributed by atoms with Gasteiger partial charge in [-0.15, -0.1) is 0 Å². The Labute approximate surface area is 202 Å². The molecule has 1 fully saturated rings. The van der Waals surface area contributed by atoms with Gasteiger partial charge in [-0.05, 0) is 55.4 Å². The second kappa shape index (κ2) is 5.80. The van der Waals surface area contributed by atoms with Crippen molar-refractivity contribution in [2.75, 3.05) is 0 Å². The number of rotatable bonds is 1. The van der Waals surface area contributed by atoms with Gasteiger partial charge in [-0.1, -0.05) is 76.2 Å². The Balaban J connectivity index is 1.66. The maximum atomic E-state index is 6.62. The third-order valence-electron chi connectivity index (χ3n) is 9.40. The minimum absolute atomic E-state index is 0.101. The van der Waals surface area contributed by atoms with E-state index in [4.69, 9.17) is 9.31 Å². The second-order valence-corrected chi connectivity index (χ2v) is 12.5. The largest absolute Gasteiger partial charge is 0.495 e. The molecule has 0 spiro atoms. The molecule has 4 heteroatoms. The molecule has 172 valence electrons. The van der Waals surface area contributed by atoms with Gasteiger partial charge in [0, 0.05) is 21.6 Å². The van der Waals surface area contributed by atoms with Gasteiger partial charge in [0.2, 0.25) is 0 Å². The third kappa shape index (κ3) is 2.14. The summed E-state index contributed by atoms with van der Waals surface area (Å²) < 4.78 is 15.8. The summed E-state index contributed by atoms with van der Waals surface area (Å²) in [7, 11) is -0.392. The highest BCUT2D eigenvalue weighted by Crippen LogP contribution is 2.55. The number of para-hydroxylation sites is 2. The van der Waals surface area contributed by atoms with Crippen LogP contribution in [-0.2, 0) is 20.1 Å². The van der Waals surface area contributed by atoms with Crippen LogP contribution in [0.2, 0.25) is 0 Å². The molecule has 4 aromatic rings. The van der Waals surface area contributed by atoms with Gasteiger partial charge in [-0.25, -0.2) is 0 Å². The van der Waals surface area contributed by atoms with Gasteiger partial charge in [0.05, 0.1) is 27.9 Å². The van der Waals surface area contributed by atoms with Crippen LogP contribution in [0.15, 0.2) is 48.5 Å². The van der Waals surface area contributed by atoms with E-state index >= 15 is 0 Å². The predicted octanol–water partition coefficient (Wildman–Crippen LogP) is 6.36. The van der Waals surface area contributed by atoms with Crippen LogP contribution in [0.3, 0.4) is 0 Å². The van der Waals surface area contributed by atoms with Gasteiger partial charge in [0.1, 0.15) is 0 Å². The second-order valence-electron chi connectivity index (χ2n) is 12.5. The molecule has 0 atom stereocenters. The number of hydrogen-bond acceptors (Lipinski definition) is 2. The van der Waals surface area contributed by atoms with E-state index in [2.05, 4.69) is 108 Å². The molecular formula is C30H32BNO2. The average molecular weight is 449 g/mol. The lowest BCUT2D eigenvalue weighted by Gasteiger charge is -2.43. The highest BCUT2D eigenvalue weighted by Gasteiger charge is 2.54. The lowest BCUT2D eigenvalue weighted by atomic mass is 9.62. The zero-order chi connectivity index (χ0) is 24.0. The first-order valence-corrected chi connectivity index (χ1v) is 12.5. The third-order valence-corrected chi connectivity index (χ3v) is 9.40. The molecule has 0 bridgehead atoms. The van der Waals surface area contributed by atoms with Gasteiger partial charge in [-0.2, -0.15) is 0 Å².